The Morgan fingerprint density at radius 1 is 0.935 bits per heavy atom. The summed E-state index contributed by atoms with van der Waals surface area (Å²) in [7, 11) is 4.89. The molecule has 0 aliphatic rings. The minimum absolute atomic E-state index is 0.169. The van der Waals surface area contributed by atoms with E-state index in [1.807, 2.05) is 0 Å². The topological polar surface area (TPSA) is 94.8 Å². The molecule has 1 aromatic carbocycles. The number of aromatic nitrogens is 4. The van der Waals surface area contributed by atoms with Crippen molar-refractivity contribution in [3.8, 4) is 39.8 Å². The predicted octanol–water partition coefficient (Wildman–Crippen LogP) is 2.48. The zero-order valence-corrected chi connectivity index (χ0v) is 17.2. The third-order valence-electron chi connectivity index (χ3n) is 5.09. The second-order valence-corrected chi connectivity index (χ2v) is 7.09. The van der Waals surface area contributed by atoms with Gasteiger partial charge in [-0.2, -0.15) is 10.4 Å². The number of aryl methyl sites for hydroxylation is 2. The van der Waals surface area contributed by atoms with Gasteiger partial charge in [-0.15, -0.1) is 0 Å². The number of nitrogens with zero attached hydrogens (tertiary/aromatic N) is 5. The summed E-state index contributed by atoms with van der Waals surface area (Å²) in [5, 5.41) is 13.7. The fourth-order valence-electron chi connectivity index (χ4n) is 3.35. The quantitative estimate of drug-likeness (QED) is 0.512. The van der Waals surface area contributed by atoms with Crippen molar-refractivity contribution in [3.63, 3.8) is 0 Å². The van der Waals surface area contributed by atoms with E-state index in [2.05, 4.69) is 11.2 Å². The molecule has 31 heavy (non-hydrogen) atoms. The summed E-state index contributed by atoms with van der Waals surface area (Å²) in [4.78, 5) is 24.5. The first-order valence-corrected chi connectivity index (χ1v) is 9.42. The van der Waals surface area contributed by atoms with Crippen molar-refractivity contribution in [2.75, 3.05) is 7.11 Å². The molecule has 0 aliphatic carbocycles. The summed E-state index contributed by atoms with van der Waals surface area (Å²) in [5.41, 5.74) is 3.52. The van der Waals surface area contributed by atoms with E-state index in [0.29, 0.717) is 28.1 Å². The molecule has 8 heteroatoms. The Balaban J connectivity index is 1.89. The molecule has 0 amide bonds. The van der Waals surface area contributed by atoms with Gasteiger partial charge in [0.2, 0.25) is 0 Å². The Morgan fingerprint density at radius 3 is 2.42 bits per heavy atom. The van der Waals surface area contributed by atoms with E-state index in [0.717, 1.165) is 11.1 Å². The van der Waals surface area contributed by atoms with Gasteiger partial charge in [-0.3, -0.25) is 9.59 Å². The van der Waals surface area contributed by atoms with Crippen molar-refractivity contribution in [1.29, 1.82) is 5.26 Å². The van der Waals surface area contributed by atoms with Gasteiger partial charge >= 0.3 is 0 Å². The van der Waals surface area contributed by atoms with E-state index in [4.69, 9.17) is 4.74 Å². The van der Waals surface area contributed by atoms with E-state index in [9.17, 15) is 14.9 Å². The lowest BCUT2D eigenvalue weighted by Gasteiger charge is -2.11. The van der Waals surface area contributed by atoms with Crippen LogP contribution >= 0.6 is 0 Å². The smallest absolute Gasteiger partial charge is 0.250 e. The third-order valence-corrected chi connectivity index (χ3v) is 5.09. The first kappa shape index (κ1) is 19.9. The lowest BCUT2D eigenvalue weighted by molar-refractivity contribution is 0.411. The number of hydrogen-bond acceptors (Lipinski definition) is 5. The largest absolute Gasteiger partial charge is 0.494 e. The fourth-order valence-corrected chi connectivity index (χ4v) is 3.35. The number of benzene rings is 1. The molecule has 0 atom stereocenters. The van der Waals surface area contributed by atoms with Crippen LogP contribution in [0.25, 0.3) is 27.9 Å². The Labute approximate surface area is 177 Å². The van der Waals surface area contributed by atoms with E-state index >= 15 is 0 Å². The Morgan fingerprint density at radius 2 is 1.71 bits per heavy atom. The third kappa shape index (κ3) is 3.65. The van der Waals surface area contributed by atoms with Crippen molar-refractivity contribution < 1.29 is 4.74 Å². The molecule has 0 unspecified atom stereocenters. The Hall–Kier alpha value is -4.38. The second kappa shape index (κ2) is 7.80. The van der Waals surface area contributed by atoms with Crippen LogP contribution in [-0.2, 0) is 14.1 Å². The van der Waals surface area contributed by atoms with Gasteiger partial charge in [0.05, 0.1) is 24.9 Å². The number of nitriles is 1. The van der Waals surface area contributed by atoms with Crippen LogP contribution in [0.5, 0.6) is 5.75 Å². The van der Waals surface area contributed by atoms with Crippen molar-refractivity contribution in [2.45, 2.75) is 0 Å². The molecule has 0 fully saturated rings. The number of methoxy groups -OCH3 is 1. The minimum Gasteiger partial charge on any atom is -0.494 e. The molecule has 3 heterocycles. The first-order valence-electron chi connectivity index (χ1n) is 9.42. The molecule has 0 saturated heterocycles. The zero-order chi connectivity index (χ0) is 22.1. The van der Waals surface area contributed by atoms with Gasteiger partial charge in [0.15, 0.2) is 0 Å². The van der Waals surface area contributed by atoms with Crippen LogP contribution in [-0.4, -0.2) is 26.0 Å². The van der Waals surface area contributed by atoms with Crippen molar-refractivity contribution in [2.24, 2.45) is 14.1 Å². The summed E-state index contributed by atoms with van der Waals surface area (Å²) < 4.78 is 9.98. The highest BCUT2D eigenvalue weighted by molar-refractivity contribution is 5.82. The number of rotatable bonds is 4. The van der Waals surface area contributed by atoms with Crippen LogP contribution in [0.1, 0.15) is 5.56 Å². The number of hydrogen-bond donors (Lipinski definition) is 0. The average molecular weight is 413 g/mol. The maximum atomic E-state index is 12.3. The van der Waals surface area contributed by atoms with Crippen LogP contribution in [0.15, 0.2) is 70.8 Å². The molecule has 3 aromatic heterocycles. The molecule has 4 aromatic rings. The summed E-state index contributed by atoms with van der Waals surface area (Å²) >= 11 is 0. The van der Waals surface area contributed by atoms with Gasteiger partial charge in [-0.05, 0) is 35.4 Å². The van der Waals surface area contributed by atoms with Gasteiger partial charge in [0, 0.05) is 55.9 Å². The molecule has 0 N–H and O–H groups in total. The minimum atomic E-state index is -0.185. The lowest BCUT2D eigenvalue weighted by Crippen LogP contribution is -2.17. The van der Waals surface area contributed by atoms with Gasteiger partial charge in [-0.1, -0.05) is 0 Å². The van der Waals surface area contributed by atoms with Crippen molar-refractivity contribution in [3.05, 3.63) is 87.5 Å². The summed E-state index contributed by atoms with van der Waals surface area (Å²) in [6, 6.07) is 12.0. The normalized spacial score (nSPS) is 10.6. The number of ether oxygens (including phenoxy) is 1. The Kier molecular flexibility index (Phi) is 5.01. The first-order chi connectivity index (χ1) is 14.9. The van der Waals surface area contributed by atoms with Gasteiger partial charge < -0.3 is 13.9 Å². The number of pyridine rings is 2. The monoisotopic (exact) mass is 413 g/mol. The Bertz CT molecular complexity index is 1450. The van der Waals surface area contributed by atoms with E-state index in [-0.39, 0.29) is 11.1 Å². The van der Waals surface area contributed by atoms with Crippen LogP contribution in [0.3, 0.4) is 0 Å². The molecule has 4 rings (SSSR count). The van der Waals surface area contributed by atoms with Crippen LogP contribution in [0.2, 0.25) is 0 Å². The van der Waals surface area contributed by atoms with Crippen LogP contribution in [0, 0.1) is 11.3 Å². The summed E-state index contributed by atoms with van der Waals surface area (Å²) in [6.07, 6.45) is 6.85. The standard InChI is InChI=1S/C23H19N5O3/c1-26-7-6-16(9-22(26)29)18-10-23(30)27(2)14-19(18)17-12-25-28(13-17)20-8-15(11-24)4-5-21(20)31-3/h4-10,12-14H,1-3H3. The molecule has 0 spiro atoms. The zero-order valence-electron chi connectivity index (χ0n) is 17.2. The molecule has 0 aliphatic heterocycles. The summed E-state index contributed by atoms with van der Waals surface area (Å²) in [5.74, 6) is 0.570. The predicted molar refractivity (Wildman–Crippen MR) is 116 cm³/mol. The lowest BCUT2D eigenvalue weighted by atomic mass is 9.99. The van der Waals surface area contributed by atoms with Crippen LogP contribution < -0.4 is 15.9 Å². The van der Waals surface area contributed by atoms with Crippen LogP contribution in [0.4, 0.5) is 0 Å². The second-order valence-electron chi connectivity index (χ2n) is 7.09. The summed E-state index contributed by atoms with van der Waals surface area (Å²) in [6.45, 7) is 0. The highest BCUT2D eigenvalue weighted by Crippen LogP contribution is 2.31. The molecular weight excluding hydrogens is 394 g/mol. The fraction of sp³-hybridized carbons (Fsp3) is 0.130. The highest BCUT2D eigenvalue weighted by atomic mass is 16.5. The van der Waals surface area contributed by atoms with E-state index in [1.165, 1.54) is 21.3 Å². The maximum absolute atomic E-state index is 12.3. The van der Waals surface area contributed by atoms with Gasteiger partial charge in [-0.25, -0.2) is 4.68 Å². The van der Waals surface area contributed by atoms with Gasteiger partial charge in [0.25, 0.3) is 11.1 Å². The molecule has 8 nitrogen and oxygen atoms in total. The van der Waals surface area contributed by atoms with E-state index in [1.54, 1.807) is 74.9 Å². The molecular formula is C23H19N5O3. The highest BCUT2D eigenvalue weighted by Gasteiger charge is 2.15. The molecule has 0 saturated carbocycles. The van der Waals surface area contributed by atoms with Gasteiger partial charge in [0.1, 0.15) is 11.4 Å². The van der Waals surface area contributed by atoms with E-state index < -0.39 is 0 Å². The molecule has 0 bridgehead atoms. The van der Waals surface area contributed by atoms with Crippen molar-refractivity contribution in [1.82, 2.24) is 18.9 Å². The molecule has 154 valence electrons. The maximum Gasteiger partial charge on any atom is 0.250 e. The average Bonchev–Trinajstić information content (AvgIpc) is 3.26. The molecule has 0 radical (unpaired) electrons. The van der Waals surface area contributed by atoms with Crippen molar-refractivity contribution >= 4 is 0 Å². The SMILES string of the molecule is COc1ccc(C#N)cc1-n1cc(-c2cn(C)c(=O)cc2-c2ccn(C)c(=O)c2)cn1.